The van der Waals surface area contributed by atoms with Gasteiger partial charge in [-0.2, -0.15) is 5.26 Å². The predicted molar refractivity (Wildman–Crippen MR) is 79.1 cm³/mol. The van der Waals surface area contributed by atoms with Crippen LogP contribution in [0.2, 0.25) is 0 Å². The summed E-state index contributed by atoms with van der Waals surface area (Å²) in [6.45, 7) is 1.88. The van der Waals surface area contributed by atoms with E-state index >= 15 is 0 Å². The van der Waals surface area contributed by atoms with Gasteiger partial charge in [0.25, 0.3) is 0 Å². The van der Waals surface area contributed by atoms with Gasteiger partial charge in [0, 0.05) is 18.5 Å². The zero-order valence-electron chi connectivity index (χ0n) is 12.2. The van der Waals surface area contributed by atoms with Crippen LogP contribution < -0.4 is 5.32 Å². The summed E-state index contributed by atoms with van der Waals surface area (Å²) in [5, 5.41) is 12.4. The quantitative estimate of drug-likeness (QED) is 0.896. The fourth-order valence-electron chi connectivity index (χ4n) is 3.23. The van der Waals surface area contributed by atoms with E-state index in [0.717, 1.165) is 18.8 Å². The van der Waals surface area contributed by atoms with Gasteiger partial charge in [0.05, 0.1) is 11.3 Å². The lowest BCUT2D eigenvalue weighted by Gasteiger charge is -2.32. The number of anilines is 1. The van der Waals surface area contributed by atoms with Crippen molar-refractivity contribution < 1.29 is 4.39 Å². The van der Waals surface area contributed by atoms with Crippen LogP contribution in [0.25, 0.3) is 0 Å². The van der Waals surface area contributed by atoms with E-state index in [4.69, 9.17) is 5.26 Å². The Morgan fingerprint density at radius 2 is 2.05 bits per heavy atom. The van der Waals surface area contributed by atoms with Crippen LogP contribution in [0.15, 0.2) is 18.2 Å². The van der Waals surface area contributed by atoms with Gasteiger partial charge in [0.1, 0.15) is 11.9 Å². The second kappa shape index (κ2) is 6.23. The summed E-state index contributed by atoms with van der Waals surface area (Å²) < 4.78 is 13.1. The molecule has 1 aromatic rings. The van der Waals surface area contributed by atoms with E-state index in [-0.39, 0.29) is 11.2 Å². The highest BCUT2D eigenvalue weighted by atomic mass is 19.1. The van der Waals surface area contributed by atoms with Gasteiger partial charge in [-0.05, 0) is 45.1 Å². The molecule has 3 nitrogen and oxygen atoms in total. The molecule has 0 radical (unpaired) electrons. The lowest BCUT2D eigenvalue weighted by molar-refractivity contribution is 0.215. The van der Waals surface area contributed by atoms with Gasteiger partial charge in [-0.3, -0.25) is 0 Å². The molecule has 4 heteroatoms. The molecule has 0 spiro atoms. The molecule has 0 bridgehead atoms. The van der Waals surface area contributed by atoms with E-state index in [1.54, 1.807) is 6.07 Å². The lowest BCUT2D eigenvalue weighted by Crippen LogP contribution is -2.37. The van der Waals surface area contributed by atoms with E-state index in [9.17, 15) is 4.39 Å². The fourth-order valence-corrected chi connectivity index (χ4v) is 3.23. The molecule has 0 heterocycles. The Kier molecular flexibility index (Phi) is 4.61. The summed E-state index contributed by atoms with van der Waals surface area (Å²) in [7, 11) is 4.19. The average Bonchev–Trinajstić information content (AvgIpc) is 2.85. The summed E-state index contributed by atoms with van der Waals surface area (Å²) in [6.07, 6.45) is 4.95. The van der Waals surface area contributed by atoms with Crippen LogP contribution in [0.3, 0.4) is 0 Å². The molecule has 20 heavy (non-hydrogen) atoms. The first kappa shape index (κ1) is 14.8. The van der Waals surface area contributed by atoms with Crippen LogP contribution in [0, 0.1) is 22.6 Å². The molecule has 1 aliphatic carbocycles. The number of hydrogen-bond acceptors (Lipinski definition) is 3. The molecule has 0 saturated heterocycles. The maximum atomic E-state index is 13.1. The van der Waals surface area contributed by atoms with Crippen LogP contribution in [0.4, 0.5) is 10.1 Å². The normalized spacial score (nSPS) is 17.1. The number of hydrogen-bond donors (Lipinski definition) is 1. The van der Waals surface area contributed by atoms with Crippen molar-refractivity contribution in [2.75, 3.05) is 32.5 Å². The average molecular weight is 275 g/mol. The Bertz CT molecular complexity index is 499. The molecule has 0 atom stereocenters. The number of benzene rings is 1. The van der Waals surface area contributed by atoms with Crippen molar-refractivity contribution in [1.29, 1.82) is 5.26 Å². The topological polar surface area (TPSA) is 39.1 Å². The van der Waals surface area contributed by atoms with E-state index in [0.29, 0.717) is 5.56 Å². The number of nitriles is 1. The minimum absolute atomic E-state index is 0.268. The molecular weight excluding hydrogens is 253 g/mol. The van der Waals surface area contributed by atoms with Gasteiger partial charge in [-0.1, -0.05) is 12.8 Å². The highest BCUT2D eigenvalue weighted by Crippen LogP contribution is 2.38. The first-order valence-corrected chi connectivity index (χ1v) is 7.13. The smallest absolute Gasteiger partial charge is 0.124 e. The Balaban J connectivity index is 2.08. The predicted octanol–water partition coefficient (Wildman–Crippen LogP) is 3.23. The van der Waals surface area contributed by atoms with Gasteiger partial charge in [0.2, 0.25) is 0 Å². The molecule has 1 N–H and O–H groups in total. The van der Waals surface area contributed by atoms with Gasteiger partial charge in [0.15, 0.2) is 0 Å². The first-order chi connectivity index (χ1) is 9.54. The SMILES string of the molecule is CN(C)CC1(CNc2ccc(F)cc2C#N)CCCC1. The molecule has 0 unspecified atom stereocenters. The molecule has 0 amide bonds. The van der Waals surface area contributed by atoms with Crippen molar-refractivity contribution in [3.05, 3.63) is 29.6 Å². The minimum Gasteiger partial charge on any atom is -0.383 e. The van der Waals surface area contributed by atoms with Gasteiger partial charge in [-0.25, -0.2) is 4.39 Å². The second-order valence-electron chi connectivity index (χ2n) is 6.10. The highest BCUT2D eigenvalue weighted by Gasteiger charge is 2.34. The van der Waals surface area contributed by atoms with E-state index in [2.05, 4.69) is 30.4 Å². The minimum atomic E-state index is -0.365. The summed E-state index contributed by atoms with van der Waals surface area (Å²) in [5.74, 6) is -0.365. The summed E-state index contributed by atoms with van der Waals surface area (Å²) in [6, 6.07) is 6.40. The summed E-state index contributed by atoms with van der Waals surface area (Å²) in [4.78, 5) is 2.23. The molecule has 0 aromatic heterocycles. The molecular formula is C16H22FN3. The molecule has 108 valence electrons. The highest BCUT2D eigenvalue weighted by molar-refractivity contribution is 5.57. The maximum Gasteiger partial charge on any atom is 0.124 e. The third kappa shape index (κ3) is 3.49. The molecule has 0 aliphatic heterocycles. The van der Waals surface area contributed by atoms with Crippen molar-refractivity contribution in [2.24, 2.45) is 5.41 Å². The van der Waals surface area contributed by atoms with Gasteiger partial charge in [-0.15, -0.1) is 0 Å². The van der Waals surface area contributed by atoms with E-state index < -0.39 is 0 Å². The van der Waals surface area contributed by atoms with Crippen molar-refractivity contribution in [1.82, 2.24) is 4.90 Å². The third-order valence-electron chi connectivity index (χ3n) is 4.07. The number of rotatable bonds is 5. The van der Waals surface area contributed by atoms with Crippen LogP contribution >= 0.6 is 0 Å². The molecule has 1 aliphatic rings. The first-order valence-electron chi connectivity index (χ1n) is 7.13. The van der Waals surface area contributed by atoms with E-state index in [1.165, 1.54) is 37.8 Å². The number of nitrogens with zero attached hydrogens (tertiary/aromatic N) is 2. The van der Waals surface area contributed by atoms with Crippen LogP contribution in [-0.4, -0.2) is 32.1 Å². The lowest BCUT2D eigenvalue weighted by atomic mass is 9.85. The Labute approximate surface area is 120 Å². The van der Waals surface area contributed by atoms with Crippen LogP contribution in [-0.2, 0) is 0 Å². The zero-order valence-corrected chi connectivity index (χ0v) is 12.2. The van der Waals surface area contributed by atoms with Crippen molar-refractivity contribution in [2.45, 2.75) is 25.7 Å². The zero-order chi connectivity index (χ0) is 14.6. The largest absolute Gasteiger partial charge is 0.383 e. The molecule has 1 aromatic carbocycles. The maximum absolute atomic E-state index is 13.1. The van der Waals surface area contributed by atoms with Crippen molar-refractivity contribution in [3.8, 4) is 6.07 Å². The van der Waals surface area contributed by atoms with Gasteiger partial charge >= 0.3 is 0 Å². The Morgan fingerprint density at radius 1 is 1.35 bits per heavy atom. The van der Waals surface area contributed by atoms with Crippen LogP contribution in [0.1, 0.15) is 31.2 Å². The molecule has 2 rings (SSSR count). The van der Waals surface area contributed by atoms with Gasteiger partial charge < -0.3 is 10.2 Å². The number of nitrogens with one attached hydrogen (secondary N) is 1. The standard InChI is InChI=1S/C16H22FN3/c1-20(2)12-16(7-3-4-8-16)11-19-15-6-5-14(17)9-13(15)10-18/h5-6,9,19H,3-4,7-8,11-12H2,1-2H3. The van der Waals surface area contributed by atoms with Crippen LogP contribution in [0.5, 0.6) is 0 Å². The Hall–Kier alpha value is -1.60. The number of halogens is 1. The monoisotopic (exact) mass is 275 g/mol. The second-order valence-corrected chi connectivity index (χ2v) is 6.10. The van der Waals surface area contributed by atoms with E-state index in [1.807, 2.05) is 0 Å². The van der Waals surface area contributed by atoms with Crippen molar-refractivity contribution in [3.63, 3.8) is 0 Å². The Morgan fingerprint density at radius 3 is 2.65 bits per heavy atom. The molecule has 1 fully saturated rings. The third-order valence-corrected chi connectivity index (χ3v) is 4.07. The molecule has 1 saturated carbocycles. The van der Waals surface area contributed by atoms with Crippen molar-refractivity contribution >= 4 is 5.69 Å². The summed E-state index contributed by atoms with van der Waals surface area (Å²) >= 11 is 0. The fraction of sp³-hybridized carbons (Fsp3) is 0.562. The summed E-state index contributed by atoms with van der Waals surface area (Å²) in [5.41, 5.74) is 1.38.